The van der Waals surface area contributed by atoms with Crippen LogP contribution >= 0.6 is 0 Å². The summed E-state index contributed by atoms with van der Waals surface area (Å²) in [7, 11) is 0. The average Bonchev–Trinajstić information content (AvgIpc) is 2.44. The van der Waals surface area contributed by atoms with Crippen molar-refractivity contribution in [1.29, 1.82) is 0 Å². The van der Waals surface area contributed by atoms with Crippen LogP contribution in [0.2, 0.25) is 0 Å². The number of para-hydroxylation sites is 1. The van der Waals surface area contributed by atoms with Gasteiger partial charge in [-0.05, 0) is 18.1 Å². The molecule has 5 heteroatoms. The number of fused-ring (bicyclic) bond motifs is 1. The molecule has 0 aliphatic heterocycles. The SMILES string of the molecule is CC(C)C(N)(C(=O)O)C(=O)c1ccc2ccccc2n1. The van der Waals surface area contributed by atoms with E-state index in [9.17, 15) is 14.7 Å². The Kier molecular flexibility index (Phi) is 3.55. The van der Waals surface area contributed by atoms with E-state index in [-0.39, 0.29) is 5.69 Å². The molecule has 20 heavy (non-hydrogen) atoms. The number of benzene rings is 1. The number of hydrogen-bond donors (Lipinski definition) is 2. The molecule has 0 spiro atoms. The van der Waals surface area contributed by atoms with Crippen LogP contribution in [-0.4, -0.2) is 27.4 Å². The maximum atomic E-state index is 12.4. The molecule has 1 aromatic heterocycles. The largest absolute Gasteiger partial charge is 0.480 e. The highest BCUT2D eigenvalue weighted by molar-refractivity contribution is 6.15. The summed E-state index contributed by atoms with van der Waals surface area (Å²) in [6.45, 7) is 3.21. The normalized spacial score (nSPS) is 14.2. The van der Waals surface area contributed by atoms with Crippen LogP contribution in [-0.2, 0) is 4.79 Å². The van der Waals surface area contributed by atoms with Gasteiger partial charge < -0.3 is 10.8 Å². The lowest BCUT2D eigenvalue weighted by Gasteiger charge is -2.26. The minimum atomic E-state index is -1.96. The molecule has 5 nitrogen and oxygen atoms in total. The number of carboxylic acids is 1. The van der Waals surface area contributed by atoms with Crippen molar-refractivity contribution < 1.29 is 14.7 Å². The predicted octanol–water partition coefficient (Wildman–Crippen LogP) is 1.86. The summed E-state index contributed by atoms with van der Waals surface area (Å²) in [5.74, 6) is -2.56. The van der Waals surface area contributed by atoms with Crippen LogP contribution in [0.3, 0.4) is 0 Å². The first-order chi connectivity index (χ1) is 9.37. The second kappa shape index (κ2) is 5.02. The highest BCUT2D eigenvalue weighted by atomic mass is 16.4. The fourth-order valence-electron chi connectivity index (χ4n) is 2.01. The number of hydrogen-bond acceptors (Lipinski definition) is 4. The molecule has 2 rings (SSSR count). The van der Waals surface area contributed by atoms with E-state index in [0.717, 1.165) is 5.39 Å². The Bertz CT molecular complexity index is 682. The van der Waals surface area contributed by atoms with Crippen molar-refractivity contribution in [3.63, 3.8) is 0 Å². The van der Waals surface area contributed by atoms with Gasteiger partial charge in [-0.2, -0.15) is 0 Å². The lowest BCUT2D eigenvalue weighted by atomic mass is 9.82. The molecule has 0 fully saturated rings. The number of carboxylic acid groups (broad SMARTS) is 1. The molecular formula is C15H16N2O3. The van der Waals surface area contributed by atoms with Crippen LogP contribution in [0.5, 0.6) is 0 Å². The van der Waals surface area contributed by atoms with Crippen LogP contribution in [0, 0.1) is 5.92 Å². The second-order valence-electron chi connectivity index (χ2n) is 5.05. The molecule has 3 N–H and O–H groups in total. The summed E-state index contributed by atoms with van der Waals surface area (Å²) >= 11 is 0. The Hall–Kier alpha value is -2.27. The minimum absolute atomic E-state index is 0.0716. The van der Waals surface area contributed by atoms with Crippen molar-refractivity contribution in [3.05, 3.63) is 42.1 Å². The topological polar surface area (TPSA) is 93.3 Å². The van der Waals surface area contributed by atoms with Gasteiger partial charge in [0, 0.05) is 5.39 Å². The van der Waals surface area contributed by atoms with Gasteiger partial charge in [0.05, 0.1) is 5.52 Å². The molecule has 1 aromatic carbocycles. The van der Waals surface area contributed by atoms with Crippen LogP contribution in [0.4, 0.5) is 0 Å². The van der Waals surface area contributed by atoms with E-state index < -0.39 is 23.2 Å². The second-order valence-corrected chi connectivity index (χ2v) is 5.05. The van der Waals surface area contributed by atoms with E-state index in [1.807, 2.05) is 12.1 Å². The monoisotopic (exact) mass is 272 g/mol. The van der Waals surface area contributed by atoms with Crippen molar-refractivity contribution in [2.75, 3.05) is 0 Å². The van der Waals surface area contributed by atoms with E-state index in [4.69, 9.17) is 5.73 Å². The number of nitrogens with zero attached hydrogens (tertiary/aromatic N) is 1. The lowest BCUT2D eigenvalue weighted by Crippen LogP contribution is -2.59. The zero-order valence-electron chi connectivity index (χ0n) is 11.3. The van der Waals surface area contributed by atoms with Crippen molar-refractivity contribution in [1.82, 2.24) is 4.98 Å². The van der Waals surface area contributed by atoms with Gasteiger partial charge in [-0.1, -0.05) is 38.1 Å². The third-order valence-electron chi connectivity index (χ3n) is 3.47. The molecule has 0 bridgehead atoms. The van der Waals surface area contributed by atoms with E-state index >= 15 is 0 Å². The van der Waals surface area contributed by atoms with Crippen molar-refractivity contribution in [3.8, 4) is 0 Å². The molecule has 0 aliphatic carbocycles. The lowest BCUT2D eigenvalue weighted by molar-refractivity contribution is -0.142. The molecule has 0 saturated heterocycles. The number of aromatic nitrogens is 1. The van der Waals surface area contributed by atoms with Gasteiger partial charge in [0.2, 0.25) is 5.78 Å². The number of pyridine rings is 1. The smallest absolute Gasteiger partial charge is 0.332 e. The molecular weight excluding hydrogens is 256 g/mol. The number of ketones is 1. The molecule has 1 atom stereocenters. The number of aliphatic carboxylic acids is 1. The van der Waals surface area contributed by atoms with Crippen molar-refractivity contribution >= 4 is 22.7 Å². The maximum absolute atomic E-state index is 12.4. The summed E-state index contributed by atoms with van der Waals surface area (Å²) in [4.78, 5) is 28.0. The third kappa shape index (κ3) is 2.16. The molecule has 1 unspecified atom stereocenters. The van der Waals surface area contributed by atoms with Gasteiger partial charge >= 0.3 is 5.97 Å². The molecule has 104 valence electrons. The average molecular weight is 272 g/mol. The highest BCUT2D eigenvalue weighted by Gasteiger charge is 2.46. The van der Waals surface area contributed by atoms with Crippen molar-refractivity contribution in [2.45, 2.75) is 19.4 Å². The number of rotatable bonds is 4. The molecule has 2 aromatic rings. The van der Waals surface area contributed by atoms with Gasteiger partial charge in [0.25, 0.3) is 0 Å². The van der Waals surface area contributed by atoms with Gasteiger partial charge in [-0.15, -0.1) is 0 Å². The first-order valence-electron chi connectivity index (χ1n) is 6.30. The summed E-state index contributed by atoms with van der Waals surface area (Å²) in [6.07, 6.45) is 0. The first kappa shape index (κ1) is 14.1. The van der Waals surface area contributed by atoms with Crippen molar-refractivity contribution in [2.24, 2.45) is 11.7 Å². The quantitative estimate of drug-likeness (QED) is 0.654. The fourth-order valence-corrected chi connectivity index (χ4v) is 2.01. The zero-order valence-corrected chi connectivity index (χ0v) is 11.3. The standard InChI is InChI=1S/C15H16N2O3/c1-9(2)15(16,14(19)20)13(18)12-8-7-10-5-3-4-6-11(10)17-12/h3-9H,16H2,1-2H3,(H,19,20). The van der Waals surface area contributed by atoms with Crippen LogP contribution in [0.15, 0.2) is 36.4 Å². The van der Waals surface area contributed by atoms with E-state index in [1.54, 1.807) is 32.0 Å². The third-order valence-corrected chi connectivity index (χ3v) is 3.47. The minimum Gasteiger partial charge on any atom is -0.480 e. The van der Waals surface area contributed by atoms with Gasteiger partial charge in [0.15, 0.2) is 5.54 Å². The Morgan fingerprint density at radius 3 is 2.45 bits per heavy atom. The number of carbonyl (C=O) groups is 2. The Balaban J connectivity index is 2.52. The van der Waals surface area contributed by atoms with Crippen LogP contribution in [0.25, 0.3) is 10.9 Å². The highest BCUT2D eigenvalue weighted by Crippen LogP contribution is 2.21. The fraction of sp³-hybridized carbons (Fsp3) is 0.267. The van der Waals surface area contributed by atoms with E-state index in [1.165, 1.54) is 6.07 Å². The molecule has 0 aliphatic rings. The predicted molar refractivity (Wildman–Crippen MR) is 75.5 cm³/mol. The zero-order chi connectivity index (χ0) is 14.9. The molecule has 1 heterocycles. The summed E-state index contributed by atoms with van der Waals surface area (Å²) in [6, 6.07) is 10.5. The number of nitrogens with two attached hydrogens (primary N) is 1. The summed E-state index contributed by atoms with van der Waals surface area (Å²) in [5.41, 5.74) is 4.56. The molecule has 0 saturated carbocycles. The van der Waals surface area contributed by atoms with Gasteiger partial charge in [-0.25, -0.2) is 9.78 Å². The maximum Gasteiger partial charge on any atom is 0.332 e. The van der Waals surface area contributed by atoms with E-state index in [0.29, 0.717) is 5.52 Å². The summed E-state index contributed by atoms with van der Waals surface area (Å²) < 4.78 is 0. The Morgan fingerprint density at radius 2 is 1.85 bits per heavy atom. The first-order valence-corrected chi connectivity index (χ1v) is 6.30. The Morgan fingerprint density at radius 1 is 1.20 bits per heavy atom. The molecule has 0 radical (unpaired) electrons. The van der Waals surface area contributed by atoms with Gasteiger partial charge in [0.1, 0.15) is 5.69 Å². The summed E-state index contributed by atoms with van der Waals surface area (Å²) in [5, 5.41) is 10.2. The number of Topliss-reactive ketones (excluding diaryl/α,β-unsaturated/α-hetero) is 1. The van der Waals surface area contributed by atoms with Crippen LogP contribution in [0.1, 0.15) is 24.3 Å². The number of carbonyl (C=O) groups excluding carboxylic acids is 1. The van der Waals surface area contributed by atoms with E-state index in [2.05, 4.69) is 4.98 Å². The van der Waals surface area contributed by atoms with Crippen LogP contribution < -0.4 is 5.73 Å². The Labute approximate surface area is 116 Å². The molecule has 0 amide bonds. The van der Waals surface area contributed by atoms with Gasteiger partial charge in [-0.3, -0.25) is 4.79 Å².